The van der Waals surface area contributed by atoms with Gasteiger partial charge in [-0.25, -0.2) is 4.39 Å². The van der Waals surface area contributed by atoms with E-state index < -0.39 is 0 Å². The van der Waals surface area contributed by atoms with E-state index >= 15 is 0 Å². The molecule has 1 amide bonds. The number of piperazine rings is 1. The minimum atomic E-state index is -0.264. The van der Waals surface area contributed by atoms with Gasteiger partial charge in [0.2, 0.25) is 5.91 Å². The van der Waals surface area contributed by atoms with Crippen LogP contribution in [0.25, 0.3) is 0 Å². The van der Waals surface area contributed by atoms with Crippen LogP contribution in [0.5, 0.6) is 0 Å². The average Bonchev–Trinajstić information content (AvgIpc) is 2.67. The minimum Gasteiger partial charge on any atom is -0.339 e. The Morgan fingerprint density at radius 3 is 2.33 bits per heavy atom. The van der Waals surface area contributed by atoms with Gasteiger partial charge in [0.15, 0.2) is 5.78 Å². The first-order chi connectivity index (χ1) is 12.9. The number of rotatable bonds is 5. The fraction of sp³-hybridized carbons (Fsp3) is 0.364. The van der Waals surface area contributed by atoms with E-state index in [0.29, 0.717) is 18.7 Å². The second-order valence-corrected chi connectivity index (χ2v) is 7.18. The summed E-state index contributed by atoms with van der Waals surface area (Å²) in [6, 6.07) is 13.9. The van der Waals surface area contributed by atoms with Crippen LogP contribution in [0.3, 0.4) is 0 Å². The molecule has 0 aliphatic carbocycles. The van der Waals surface area contributed by atoms with Gasteiger partial charge in [-0.3, -0.25) is 14.5 Å². The number of likely N-dealkylation sites (N-methyl/N-ethyl adjacent to an activating group) is 1. The summed E-state index contributed by atoms with van der Waals surface area (Å²) >= 11 is 0. The molecule has 0 bridgehead atoms. The molecule has 27 heavy (non-hydrogen) atoms. The quantitative estimate of drug-likeness (QED) is 0.757. The zero-order valence-electron chi connectivity index (χ0n) is 15.8. The maximum atomic E-state index is 13.2. The van der Waals surface area contributed by atoms with Crippen LogP contribution in [0.1, 0.15) is 40.4 Å². The van der Waals surface area contributed by atoms with E-state index in [0.717, 1.165) is 17.7 Å². The Kier molecular flexibility index (Phi) is 6.01. The molecule has 0 spiro atoms. The third-order valence-corrected chi connectivity index (χ3v) is 5.19. The number of hydrogen-bond donors (Lipinski definition) is 0. The summed E-state index contributed by atoms with van der Waals surface area (Å²) in [5, 5.41) is 0. The maximum absolute atomic E-state index is 13.2. The number of benzene rings is 2. The Morgan fingerprint density at radius 2 is 1.67 bits per heavy atom. The summed E-state index contributed by atoms with van der Waals surface area (Å²) in [4.78, 5) is 28.9. The van der Waals surface area contributed by atoms with Crippen LogP contribution in [-0.4, -0.2) is 48.2 Å². The first kappa shape index (κ1) is 19.2. The Balaban J connectivity index is 1.58. The third-order valence-electron chi connectivity index (χ3n) is 5.19. The van der Waals surface area contributed by atoms with Crippen LogP contribution in [-0.2, 0) is 4.79 Å². The summed E-state index contributed by atoms with van der Waals surface area (Å²) in [5.41, 5.74) is 2.75. The van der Waals surface area contributed by atoms with Crippen molar-refractivity contribution in [2.75, 3.05) is 26.7 Å². The zero-order chi connectivity index (χ0) is 19.4. The molecule has 1 saturated heterocycles. The highest BCUT2D eigenvalue weighted by Crippen LogP contribution is 2.25. The lowest BCUT2D eigenvalue weighted by molar-refractivity contribution is -0.134. The highest BCUT2D eigenvalue weighted by Gasteiger charge is 2.28. The van der Waals surface area contributed by atoms with Crippen LogP contribution in [0, 0.1) is 12.7 Å². The monoisotopic (exact) mass is 368 g/mol. The van der Waals surface area contributed by atoms with Crippen LogP contribution in [0.15, 0.2) is 48.5 Å². The minimum absolute atomic E-state index is 0.00401. The second kappa shape index (κ2) is 8.44. The van der Waals surface area contributed by atoms with Gasteiger partial charge in [-0.15, -0.1) is 0 Å². The van der Waals surface area contributed by atoms with Crippen LogP contribution < -0.4 is 0 Å². The molecule has 2 aromatic carbocycles. The summed E-state index contributed by atoms with van der Waals surface area (Å²) in [6.07, 6.45) is 0.433. The molecular weight excluding hydrogens is 343 g/mol. The number of carbonyl (C=O) groups excluding carboxylic acids is 2. The first-order valence-corrected chi connectivity index (χ1v) is 9.27. The fourth-order valence-electron chi connectivity index (χ4n) is 3.41. The molecule has 0 aromatic heterocycles. The Hall–Kier alpha value is -2.53. The number of halogens is 1. The van der Waals surface area contributed by atoms with Gasteiger partial charge in [0.05, 0.1) is 6.04 Å². The lowest BCUT2D eigenvalue weighted by atomic mass is 10.0. The summed E-state index contributed by atoms with van der Waals surface area (Å²) in [5.74, 6) is -0.275. The molecule has 5 heteroatoms. The van der Waals surface area contributed by atoms with Crippen LogP contribution in [0.4, 0.5) is 4.39 Å². The van der Waals surface area contributed by atoms with Gasteiger partial charge in [0.25, 0.3) is 0 Å². The smallest absolute Gasteiger partial charge is 0.223 e. The standard InChI is InChI=1S/C22H25FN2O2/c1-16-3-5-18(6-4-16)21(26)11-12-22(27)25-14-13-24(2)20(15-25)17-7-9-19(23)10-8-17/h3-10,20H,11-15H2,1-2H3. The number of ketones is 1. The Labute approximate surface area is 159 Å². The molecule has 0 radical (unpaired) electrons. The molecule has 1 aliphatic rings. The lowest BCUT2D eigenvalue weighted by Crippen LogP contribution is -2.49. The van der Waals surface area contributed by atoms with Crippen molar-refractivity contribution in [1.29, 1.82) is 0 Å². The van der Waals surface area contributed by atoms with Crippen molar-refractivity contribution in [2.45, 2.75) is 25.8 Å². The van der Waals surface area contributed by atoms with Gasteiger partial charge in [0.1, 0.15) is 5.82 Å². The number of nitrogens with zero attached hydrogens (tertiary/aromatic N) is 2. The van der Waals surface area contributed by atoms with Gasteiger partial charge in [-0.2, -0.15) is 0 Å². The molecule has 0 N–H and O–H groups in total. The SMILES string of the molecule is Cc1ccc(C(=O)CCC(=O)N2CCN(C)C(c3ccc(F)cc3)C2)cc1. The van der Waals surface area contributed by atoms with Gasteiger partial charge < -0.3 is 4.90 Å². The third kappa shape index (κ3) is 4.80. The highest BCUT2D eigenvalue weighted by molar-refractivity contribution is 5.98. The van der Waals surface area contributed by atoms with E-state index in [1.165, 1.54) is 12.1 Å². The molecule has 0 saturated carbocycles. The number of Topliss-reactive ketones (excluding diaryl/α,β-unsaturated/α-hetero) is 1. The molecule has 3 rings (SSSR count). The predicted molar refractivity (Wildman–Crippen MR) is 103 cm³/mol. The van der Waals surface area contributed by atoms with E-state index in [-0.39, 0.29) is 36.4 Å². The molecule has 4 nitrogen and oxygen atoms in total. The van der Waals surface area contributed by atoms with E-state index in [4.69, 9.17) is 0 Å². The van der Waals surface area contributed by atoms with E-state index in [1.807, 2.05) is 43.1 Å². The molecule has 1 fully saturated rings. The molecule has 1 unspecified atom stereocenters. The van der Waals surface area contributed by atoms with E-state index in [9.17, 15) is 14.0 Å². The molecular formula is C22H25FN2O2. The van der Waals surface area contributed by atoms with Crippen molar-refractivity contribution in [3.63, 3.8) is 0 Å². The van der Waals surface area contributed by atoms with E-state index in [1.54, 1.807) is 12.1 Å². The van der Waals surface area contributed by atoms with Crippen molar-refractivity contribution in [2.24, 2.45) is 0 Å². The predicted octanol–water partition coefficient (Wildman–Crippen LogP) is 3.61. The molecule has 1 heterocycles. The Morgan fingerprint density at radius 1 is 1.00 bits per heavy atom. The molecule has 2 aromatic rings. The highest BCUT2D eigenvalue weighted by atomic mass is 19.1. The van der Waals surface area contributed by atoms with Gasteiger partial charge in [0, 0.05) is 38.0 Å². The van der Waals surface area contributed by atoms with Gasteiger partial charge in [-0.1, -0.05) is 42.0 Å². The second-order valence-electron chi connectivity index (χ2n) is 7.18. The van der Waals surface area contributed by atoms with Crippen molar-refractivity contribution in [3.05, 3.63) is 71.0 Å². The molecule has 142 valence electrons. The maximum Gasteiger partial charge on any atom is 0.223 e. The summed E-state index contributed by atoms with van der Waals surface area (Å²) in [6.45, 7) is 3.92. The number of hydrogen-bond acceptors (Lipinski definition) is 3. The lowest BCUT2D eigenvalue weighted by Gasteiger charge is -2.39. The molecule has 1 aliphatic heterocycles. The first-order valence-electron chi connectivity index (χ1n) is 9.27. The summed E-state index contributed by atoms with van der Waals surface area (Å²) in [7, 11) is 2.01. The number of aryl methyl sites for hydroxylation is 1. The van der Waals surface area contributed by atoms with Gasteiger partial charge in [-0.05, 0) is 31.7 Å². The van der Waals surface area contributed by atoms with Gasteiger partial charge >= 0.3 is 0 Å². The number of amides is 1. The number of carbonyl (C=O) groups is 2. The normalized spacial score (nSPS) is 17.7. The largest absolute Gasteiger partial charge is 0.339 e. The van der Waals surface area contributed by atoms with Crippen molar-refractivity contribution in [1.82, 2.24) is 9.80 Å². The van der Waals surface area contributed by atoms with E-state index in [2.05, 4.69) is 4.90 Å². The van der Waals surface area contributed by atoms with Crippen molar-refractivity contribution in [3.8, 4) is 0 Å². The van der Waals surface area contributed by atoms with Crippen LogP contribution >= 0.6 is 0 Å². The topological polar surface area (TPSA) is 40.6 Å². The fourth-order valence-corrected chi connectivity index (χ4v) is 3.41. The summed E-state index contributed by atoms with van der Waals surface area (Å²) < 4.78 is 13.2. The molecule has 1 atom stereocenters. The van der Waals surface area contributed by atoms with Crippen molar-refractivity contribution >= 4 is 11.7 Å². The Bertz CT molecular complexity index is 802. The zero-order valence-corrected chi connectivity index (χ0v) is 15.8. The van der Waals surface area contributed by atoms with Crippen LogP contribution in [0.2, 0.25) is 0 Å². The van der Waals surface area contributed by atoms with Crippen molar-refractivity contribution < 1.29 is 14.0 Å². The average molecular weight is 368 g/mol.